The molecule has 3 heteroatoms. The van der Waals surface area contributed by atoms with E-state index in [0.717, 1.165) is 6.42 Å². The van der Waals surface area contributed by atoms with Crippen LogP contribution in [0.4, 0.5) is 0 Å². The number of allylic oxidation sites excluding steroid dienone is 2. The summed E-state index contributed by atoms with van der Waals surface area (Å²) in [5.74, 6) is 0. The van der Waals surface area contributed by atoms with Crippen LogP contribution in [0.3, 0.4) is 0 Å². The SMILES string of the molecule is CCCCC/C=C/CC([Si](C)(C)C)P(Br)(c1ccccc1)(c1ccccc1)c1ccccc1. The Bertz CT molecular complexity index is 910. The van der Waals surface area contributed by atoms with Gasteiger partial charge >= 0.3 is 212 Å². The summed E-state index contributed by atoms with van der Waals surface area (Å²) in [5.41, 5.74) is 0. The molecule has 0 spiro atoms. The van der Waals surface area contributed by atoms with Crippen molar-refractivity contribution < 1.29 is 0 Å². The van der Waals surface area contributed by atoms with Crippen LogP contribution in [0, 0.1) is 0 Å². The van der Waals surface area contributed by atoms with E-state index >= 15 is 0 Å². The molecular formula is C30H40BrPSi. The van der Waals surface area contributed by atoms with Gasteiger partial charge in [0.05, 0.1) is 0 Å². The molecule has 0 amide bonds. The van der Waals surface area contributed by atoms with Crippen molar-refractivity contribution in [3.63, 3.8) is 0 Å². The third-order valence-electron chi connectivity index (χ3n) is 6.87. The molecule has 3 aromatic carbocycles. The van der Waals surface area contributed by atoms with Crippen molar-refractivity contribution in [2.45, 2.75) is 64.0 Å². The van der Waals surface area contributed by atoms with Crippen LogP contribution in [0.2, 0.25) is 19.6 Å². The second-order valence-electron chi connectivity index (χ2n) is 10.2. The number of rotatable bonds is 11. The fourth-order valence-electron chi connectivity index (χ4n) is 5.28. The molecule has 0 nitrogen and oxygen atoms in total. The molecule has 0 fully saturated rings. The topological polar surface area (TPSA) is 0 Å². The first kappa shape index (κ1) is 26.1. The third-order valence-corrected chi connectivity index (χ3v) is 24.6. The second-order valence-corrected chi connectivity index (χ2v) is 24.8. The summed E-state index contributed by atoms with van der Waals surface area (Å²) < 4.78 is 0. The summed E-state index contributed by atoms with van der Waals surface area (Å²) >= 11 is 4.75. The molecule has 0 radical (unpaired) electrons. The van der Waals surface area contributed by atoms with Crippen LogP contribution in [-0.4, -0.2) is 13.4 Å². The molecule has 1 atom stereocenters. The molecule has 0 N–H and O–H groups in total. The van der Waals surface area contributed by atoms with E-state index in [0.29, 0.717) is 5.28 Å². The maximum atomic E-state index is 4.75. The molecule has 0 heterocycles. The van der Waals surface area contributed by atoms with Gasteiger partial charge in [0.2, 0.25) is 0 Å². The van der Waals surface area contributed by atoms with Gasteiger partial charge in [-0.05, 0) is 0 Å². The Morgan fingerprint density at radius 1 is 0.697 bits per heavy atom. The fourth-order valence-corrected chi connectivity index (χ4v) is 26.2. The minimum absolute atomic E-state index is 0.526. The van der Waals surface area contributed by atoms with E-state index in [1.165, 1.54) is 41.6 Å². The van der Waals surface area contributed by atoms with E-state index in [2.05, 4.69) is 130 Å². The summed E-state index contributed by atoms with van der Waals surface area (Å²) in [5, 5.41) is 1.87. The van der Waals surface area contributed by atoms with Gasteiger partial charge in [0.15, 0.2) is 0 Å². The van der Waals surface area contributed by atoms with Crippen LogP contribution in [-0.2, 0) is 0 Å². The van der Waals surface area contributed by atoms with Crippen molar-refractivity contribution >= 4 is 44.8 Å². The Morgan fingerprint density at radius 3 is 1.48 bits per heavy atom. The molecule has 0 saturated heterocycles. The fraction of sp³-hybridized carbons (Fsp3) is 0.333. The molecule has 0 aliphatic heterocycles. The predicted molar refractivity (Wildman–Crippen MR) is 159 cm³/mol. The average molecular weight is 540 g/mol. The van der Waals surface area contributed by atoms with Gasteiger partial charge in [0, 0.05) is 0 Å². The summed E-state index contributed by atoms with van der Waals surface area (Å²) in [4.78, 5) is 0. The van der Waals surface area contributed by atoms with Gasteiger partial charge in [-0.1, -0.05) is 0 Å². The van der Waals surface area contributed by atoms with Gasteiger partial charge in [0.1, 0.15) is 0 Å². The average Bonchev–Trinajstić information content (AvgIpc) is 2.84. The minimum atomic E-state index is -2.97. The number of benzene rings is 3. The molecule has 0 saturated carbocycles. The molecule has 3 aromatic rings. The van der Waals surface area contributed by atoms with Crippen LogP contribution in [0.15, 0.2) is 103 Å². The van der Waals surface area contributed by atoms with Crippen LogP contribution in [0.25, 0.3) is 0 Å². The van der Waals surface area contributed by atoms with Crippen molar-refractivity contribution in [3.8, 4) is 0 Å². The van der Waals surface area contributed by atoms with Crippen molar-refractivity contribution in [3.05, 3.63) is 103 Å². The molecule has 0 aliphatic carbocycles. The third kappa shape index (κ3) is 5.29. The van der Waals surface area contributed by atoms with Gasteiger partial charge < -0.3 is 0 Å². The van der Waals surface area contributed by atoms with Gasteiger partial charge in [-0.25, -0.2) is 0 Å². The number of hydrogen-bond acceptors (Lipinski definition) is 0. The van der Waals surface area contributed by atoms with Gasteiger partial charge in [-0.15, -0.1) is 0 Å². The number of halogens is 1. The van der Waals surface area contributed by atoms with Crippen LogP contribution < -0.4 is 15.9 Å². The van der Waals surface area contributed by atoms with Gasteiger partial charge in [-0.3, -0.25) is 0 Å². The first-order valence-corrected chi connectivity index (χ1v) is 20.3. The Morgan fingerprint density at radius 2 is 1.12 bits per heavy atom. The second kappa shape index (κ2) is 11.3. The van der Waals surface area contributed by atoms with E-state index in [-0.39, 0.29) is 0 Å². The molecule has 3 rings (SSSR count). The molecule has 0 aromatic heterocycles. The number of unbranched alkanes of at least 4 members (excludes halogenated alkanes) is 3. The standard InChI is InChI=1S/C30H40BrPSi/c1-5-6-7-8-9-19-26-30(33(2,3)4)32(31,27-20-13-10-14-21-27,28-22-15-11-16-23-28)29-24-17-12-18-25-29/h9-25,30H,5-8,26H2,1-4H3/b19-9+. The zero-order valence-electron chi connectivity index (χ0n) is 20.8. The van der Waals surface area contributed by atoms with E-state index in [1.807, 2.05) is 0 Å². The normalized spacial score (nSPS) is 14.6. The predicted octanol–water partition coefficient (Wildman–Crippen LogP) is 8.60. The van der Waals surface area contributed by atoms with Crippen molar-refractivity contribution in [2.24, 2.45) is 0 Å². The summed E-state index contributed by atoms with van der Waals surface area (Å²) in [6.07, 6.45) is 11.1. The van der Waals surface area contributed by atoms with Crippen molar-refractivity contribution in [1.29, 1.82) is 0 Å². The zero-order chi connectivity index (χ0) is 23.8. The monoisotopic (exact) mass is 538 g/mol. The van der Waals surface area contributed by atoms with Gasteiger partial charge in [-0.2, -0.15) is 0 Å². The van der Waals surface area contributed by atoms with E-state index in [1.54, 1.807) is 0 Å². The van der Waals surface area contributed by atoms with Crippen LogP contribution in [0.1, 0.15) is 39.0 Å². The molecular weight excluding hydrogens is 499 g/mol. The number of hydrogen-bond donors (Lipinski definition) is 0. The van der Waals surface area contributed by atoms with Crippen molar-refractivity contribution in [1.82, 2.24) is 0 Å². The summed E-state index contributed by atoms with van der Waals surface area (Å²) in [7, 11) is -1.66. The Hall–Kier alpha value is -1.47. The summed E-state index contributed by atoms with van der Waals surface area (Å²) in [6.45, 7) is 9.94. The molecule has 33 heavy (non-hydrogen) atoms. The maximum absolute atomic E-state index is 4.75. The zero-order valence-corrected chi connectivity index (χ0v) is 24.2. The molecule has 0 aliphatic rings. The van der Waals surface area contributed by atoms with E-state index in [9.17, 15) is 0 Å². The van der Waals surface area contributed by atoms with Crippen LogP contribution >= 0.6 is 20.8 Å². The molecule has 1 unspecified atom stereocenters. The first-order valence-electron chi connectivity index (χ1n) is 12.4. The van der Waals surface area contributed by atoms with Crippen molar-refractivity contribution in [2.75, 3.05) is 0 Å². The Balaban J connectivity index is 2.31. The van der Waals surface area contributed by atoms with E-state index in [4.69, 9.17) is 15.5 Å². The molecule has 0 bridgehead atoms. The van der Waals surface area contributed by atoms with E-state index < -0.39 is 13.4 Å². The van der Waals surface area contributed by atoms with Gasteiger partial charge in [0.25, 0.3) is 0 Å². The van der Waals surface area contributed by atoms with Crippen LogP contribution in [0.5, 0.6) is 0 Å². The first-order chi connectivity index (χ1) is 15.8. The molecule has 176 valence electrons. The summed E-state index contributed by atoms with van der Waals surface area (Å²) in [6, 6.07) is 33.9. The Labute approximate surface area is 211 Å². The quantitative estimate of drug-likeness (QED) is 0.0991. The Kier molecular flexibility index (Phi) is 8.95.